The highest BCUT2D eigenvalue weighted by molar-refractivity contribution is 5.22. The molecule has 0 radical (unpaired) electrons. The molecule has 1 aromatic rings. The molecule has 1 rings (SSSR count). The number of nitrogens with one attached hydrogen (secondary N) is 1. The largest absolute Gasteiger partial charge is 0.377 e. The van der Waals surface area contributed by atoms with Gasteiger partial charge in [-0.3, -0.25) is 0 Å². The third kappa shape index (κ3) is 4.77. The van der Waals surface area contributed by atoms with Crippen LogP contribution < -0.4 is 5.32 Å². The lowest BCUT2D eigenvalue weighted by atomic mass is 10.1. The van der Waals surface area contributed by atoms with E-state index >= 15 is 0 Å². The van der Waals surface area contributed by atoms with E-state index in [2.05, 4.69) is 50.4 Å². The molecule has 0 aliphatic heterocycles. The second-order valence-corrected chi connectivity index (χ2v) is 4.56. The molecule has 2 heteroatoms. The predicted octanol–water partition coefficient (Wildman–Crippen LogP) is 2.55. The van der Waals surface area contributed by atoms with Crippen LogP contribution in [0.3, 0.4) is 0 Å². The molecule has 16 heavy (non-hydrogen) atoms. The van der Waals surface area contributed by atoms with Gasteiger partial charge in [-0.25, -0.2) is 0 Å². The summed E-state index contributed by atoms with van der Waals surface area (Å²) in [4.78, 5) is 0. The first-order chi connectivity index (χ1) is 7.61. The molecule has 0 heterocycles. The molecule has 0 aromatic heterocycles. The van der Waals surface area contributed by atoms with Crippen LogP contribution in [0, 0.1) is 6.92 Å². The molecule has 0 saturated heterocycles. The van der Waals surface area contributed by atoms with Crippen LogP contribution >= 0.6 is 0 Å². The van der Waals surface area contributed by atoms with E-state index < -0.39 is 0 Å². The number of likely N-dealkylation sites (N-methyl/N-ethyl adjacent to an activating group) is 1. The maximum Gasteiger partial charge on any atom is 0.0626 e. The molecule has 0 bridgehead atoms. The van der Waals surface area contributed by atoms with E-state index in [4.69, 9.17) is 4.74 Å². The van der Waals surface area contributed by atoms with Gasteiger partial charge in [0.1, 0.15) is 0 Å². The van der Waals surface area contributed by atoms with Crippen LogP contribution in [0.25, 0.3) is 0 Å². The number of rotatable bonds is 6. The summed E-state index contributed by atoms with van der Waals surface area (Å²) in [5.41, 5.74) is 2.67. The highest BCUT2D eigenvalue weighted by atomic mass is 16.5. The molecule has 0 spiro atoms. The van der Waals surface area contributed by atoms with Gasteiger partial charge in [0.05, 0.1) is 12.7 Å². The minimum absolute atomic E-state index is 0.300. The molecule has 0 fully saturated rings. The third-order valence-corrected chi connectivity index (χ3v) is 2.64. The van der Waals surface area contributed by atoms with Crippen molar-refractivity contribution in [3.63, 3.8) is 0 Å². The minimum atomic E-state index is 0.300. The van der Waals surface area contributed by atoms with Crippen LogP contribution in [0.2, 0.25) is 0 Å². The lowest BCUT2D eigenvalue weighted by molar-refractivity contribution is 0.0628. The lowest BCUT2D eigenvalue weighted by Crippen LogP contribution is -2.33. The molecular weight excluding hydrogens is 198 g/mol. The van der Waals surface area contributed by atoms with Gasteiger partial charge in [-0.1, -0.05) is 29.8 Å². The fourth-order valence-corrected chi connectivity index (χ4v) is 1.56. The zero-order valence-electron chi connectivity index (χ0n) is 10.8. The number of hydrogen-bond acceptors (Lipinski definition) is 2. The smallest absolute Gasteiger partial charge is 0.0626 e. The van der Waals surface area contributed by atoms with E-state index in [1.165, 1.54) is 11.1 Å². The highest BCUT2D eigenvalue weighted by Gasteiger charge is 2.08. The molecule has 0 amide bonds. The Balaban J connectivity index is 2.46. The molecule has 1 atom stereocenters. The molecule has 0 aliphatic rings. The Morgan fingerprint density at radius 2 is 1.81 bits per heavy atom. The summed E-state index contributed by atoms with van der Waals surface area (Å²) < 4.78 is 5.63. The van der Waals surface area contributed by atoms with E-state index in [0.717, 1.165) is 13.0 Å². The summed E-state index contributed by atoms with van der Waals surface area (Å²) in [7, 11) is 1.99. The van der Waals surface area contributed by atoms with Crippen LogP contribution in [-0.4, -0.2) is 25.8 Å². The highest BCUT2D eigenvalue weighted by Crippen LogP contribution is 2.06. The fourth-order valence-electron chi connectivity index (χ4n) is 1.56. The van der Waals surface area contributed by atoms with Crippen LogP contribution in [0.15, 0.2) is 24.3 Å². The van der Waals surface area contributed by atoms with Crippen molar-refractivity contribution in [3.8, 4) is 0 Å². The Morgan fingerprint density at radius 3 is 2.31 bits per heavy atom. The van der Waals surface area contributed by atoms with Crippen molar-refractivity contribution in [2.75, 3.05) is 13.7 Å². The van der Waals surface area contributed by atoms with E-state index in [9.17, 15) is 0 Å². The maximum atomic E-state index is 5.63. The fraction of sp³-hybridized carbons (Fsp3) is 0.571. The van der Waals surface area contributed by atoms with Crippen molar-refractivity contribution in [1.29, 1.82) is 0 Å². The van der Waals surface area contributed by atoms with Gasteiger partial charge >= 0.3 is 0 Å². The first-order valence-electron chi connectivity index (χ1n) is 5.96. The normalized spacial score (nSPS) is 13.1. The Kier molecular flexibility index (Phi) is 5.50. The van der Waals surface area contributed by atoms with Crippen molar-refractivity contribution in [3.05, 3.63) is 35.4 Å². The van der Waals surface area contributed by atoms with E-state index in [-0.39, 0.29) is 0 Å². The molecular formula is C14H23NO. The topological polar surface area (TPSA) is 21.3 Å². The average molecular weight is 221 g/mol. The van der Waals surface area contributed by atoms with Gasteiger partial charge in [0.15, 0.2) is 0 Å². The van der Waals surface area contributed by atoms with Gasteiger partial charge in [0.25, 0.3) is 0 Å². The van der Waals surface area contributed by atoms with E-state index in [1.54, 1.807) is 0 Å². The number of aryl methyl sites for hydroxylation is 1. The molecule has 2 nitrogen and oxygen atoms in total. The second kappa shape index (κ2) is 6.66. The summed E-state index contributed by atoms with van der Waals surface area (Å²) in [5.74, 6) is 0. The van der Waals surface area contributed by atoms with Gasteiger partial charge in [0.2, 0.25) is 0 Å². The minimum Gasteiger partial charge on any atom is -0.377 e. The molecule has 90 valence electrons. The van der Waals surface area contributed by atoms with Gasteiger partial charge in [0, 0.05) is 6.04 Å². The van der Waals surface area contributed by atoms with Gasteiger partial charge in [-0.2, -0.15) is 0 Å². The summed E-state index contributed by atoms with van der Waals surface area (Å²) in [5, 5.41) is 3.30. The van der Waals surface area contributed by atoms with Crippen molar-refractivity contribution in [2.24, 2.45) is 0 Å². The standard InChI is InChI=1S/C14H23NO/c1-11(2)16-10-14(15-4)9-13-7-5-12(3)6-8-13/h5-8,11,14-15H,9-10H2,1-4H3. The Hall–Kier alpha value is -0.860. The van der Waals surface area contributed by atoms with Gasteiger partial charge in [-0.15, -0.1) is 0 Å². The summed E-state index contributed by atoms with van der Waals surface area (Å²) in [6.07, 6.45) is 1.32. The molecule has 1 aromatic carbocycles. The Labute approximate surface area is 99.0 Å². The number of hydrogen-bond donors (Lipinski definition) is 1. The SMILES string of the molecule is CNC(COC(C)C)Cc1ccc(C)cc1. The monoisotopic (exact) mass is 221 g/mol. The van der Waals surface area contributed by atoms with Crippen LogP contribution in [0.4, 0.5) is 0 Å². The number of benzene rings is 1. The summed E-state index contributed by atoms with van der Waals surface area (Å²) in [6, 6.07) is 9.09. The van der Waals surface area contributed by atoms with Crippen molar-refractivity contribution >= 4 is 0 Å². The van der Waals surface area contributed by atoms with Gasteiger partial charge in [-0.05, 0) is 39.8 Å². The molecule has 1 N–H and O–H groups in total. The van der Waals surface area contributed by atoms with Crippen LogP contribution in [-0.2, 0) is 11.2 Å². The molecule has 0 aliphatic carbocycles. The zero-order chi connectivity index (χ0) is 12.0. The average Bonchev–Trinajstić information content (AvgIpc) is 2.26. The van der Waals surface area contributed by atoms with Crippen LogP contribution in [0.1, 0.15) is 25.0 Å². The summed E-state index contributed by atoms with van der Waals surface area (Å²) in [6.45, 7) is 7.01. The van der Waals surface area contributed by atoms with Crippen molar-refractivity contribution < 1.29 is 4.74 Å². The van der Waals surface area contributed by atoms with E-state index in [0.29, 0.717) is 12.1 Å². The lowest BCUT2D eigenvalue weighted by Gasteiger charge is -2.18. The van der Waals surface area contributed by atoms with Crippen molar-refractivity contribution in [2.45, 2.75) is 39.3 Å². The maximum absolute atomic E-state index is 5.63. The van der Waals surface area contributed by atoms with E-state index in [1.807, 2.05) is 7.05 Å². The first-order valence-corrected chi connectivity index (χ1v) is 5.96. The van der Waals surface area contributed by atoms with Gasteiger partial charge < -0.3 is 10.1 Å². The Bertz CT molecular complexity index is 292. The van der Waals surface area contributed by atoms with Crippen molar-refractivity contribution in [1.82, 2.24) is 5.32 Å². The Morgan fingerprint density at radius 1 is 1.19 bits per heavy atom. The summed E-state index contributed by atoms with van der Waals surface area (Å²) >= 11 is 0. The molecule has 1 unspecified atom stereocenters. The second-order valence-electron chi connectivity index (χ2n) is 4.56. The zero-order valence-corrected chi connectivity index (χ0v) is 10.8. The third-order valence-electron chi connectivity index (χ3n) is 2.64. The quantitative estimate of drug-likeness (QED) is 0.797. The first kappa shape index (κ1) is 13.2. The van der Waals surface area contributed by atoms with Crippen LogP contribution in [0.5, 0.6) is 0 Å². The molecule has 0 saturated carbocycles. The number of ether oxygens (including phenoxy) is 1. The predicted molar refractivity (Wildman–Crippen MR) is 68.8 cm³/mol.